The lowest BCUT2D eigenvalue weighted by Gasteiger charge is -2.13. The Labute approximate surface area is 113 Å². The van der Waals surface area contributed by atoms with Crippen LogP contribution in [0.25, 0.3) is 0 Å². The van der Waals surface area contributed by atoms with Gasteiger partial charge in [-0.2, -0.15) is 0 Å². The molecule has 0 atom stereocenters. The zero-order chi connectivity index (χ0) is 14.1. The van der Waals surface area contributed by atoms with Crippen LogP contribution in [0, 0.1) is 11.8 Å². The summed E-state index contributed by atoms with van der Waals surface area (Å²) in [5, 5.41) is 0. The minimum atomic E-state index is 0.772. The summed E-state index contributed by atoms with van der Waals surface area (Å²) < 4.78 is 0. The van der Waals surface area contributed by atoms with E-state index in [0.29, 0.717) is 0 Å². The maximum Gasteiger partial charge on any atom is 0.0600 e. The van der Waals surface area contributed by atoms with Gasteiger partial charge in [0.15, 0.2) is 0 Å². The highest BCUT2D eigenvalue weighted by Crippen LogP contribution is 2.07. The van der Waals surface area contributed by atoms with Gasteiger partial charge in [0.2, 0.25) is 0 Å². The molecule has 0 aliphatic heterocycles. The van der Waals surface area contributed by atoms with E-state index in [-0.39, 0.29) is 0 Å². The second-order valence-electron chi connectivity index (χ2n) is 5.26. The van der Waals surface area contributed by atoms with Gasteiger partial charge < -0.3 is 9.80 Å². The average molecular weight is 249 g/mol. The predicted octanol–water partition coefficient (Wildman–Crippen LogP) is 1.16. The molecule has 0 N–H and O–H groups in total. The van der Waals surface area contributed by atoms with Gasteiger partial charge in [-0.05, 0) is 47.9 Å². The SMILES string of the molecule is C=C(CN(C)C)/C(C#CCN(C)C)=C\CN(C)C. The first-order valence-corrected chi connectivity index (χ1v) is 6.14. The van der Waals surface area contributed by atoms with Crippen molar-refractivity contribution in [2.24, 2.45) is 0 Å². The van der Waals surface area contributed by atoms with Crippen LogP contribution in [-0.2, 0) is 0 Å². The summed E-state index contributed by atoms with van der Waals surface area (Å²) in [4.78, 5) is 6.29. The molecule has 3 heteroatoms. The quantitative estimate of drug-likeness (QED) is 0.516. The Hall–Kier alpha value is -1.08. The summed E-state index contributed by atoms with van der Waals surface area (Å²) in [5.41, 5.74) is 2.13. The van der Waals surface area contributed by atoms with Crippen molar-refractivity contribution >= 4 is 0 Å². The van der Waals surface area contributed by atoms with Gasteiger partial charge in [-0.25, -0.2) is 0 Å². The van der Waals surface area contributed by atoms with Crippen molar-refractivity contribution in [3.8, 4) is 11.8 Å². The highest BCUT2D eigenvalue weighted by Gasteiger charge is 2.01. The van der Waals surface area contributed by atoms with Crippen LogP contribution in [0.1, 0.15) is 0 Å². The molecule has 0 aliphatic carbocycles. The fraction of sp³-hybridized carbons (Fsp3) is 0.600. The first-order chi connectivity index (χ1) is 8.32. The van der Waals surface area contributed by atoms with E-state index in [0.717, 1.165) is 30.8 Å². The summed E-state index contributed by atoms with van der Waals surface area (Å²) in [6, 6.07) is 0. The second kappa shape index (κ2) is 8.93. The average Bonchev–Trinajstić information content (AvgIpc) is 2.20. The molecule has 3 nitrogen and oxygen atoms in total. The first-order valence-electron chi connectivity index (χ1n) is 6.14. The van der Waals surface area contributed by atoms with E-state index in [1.807, 2.05) is 28.2 Å². The van der Waals surface area contributed by atoms with Crippen LogP contribution in [0.2, 0.25) is 0 Å². The van der Waals surface area contributed by atoms with E-state index in [4.69, 9.17) is 0 Å². The summed E-state index contributed by atoms with van der Waals surface area (Å²) >= 11 is 0. The van der Waals surface area contributed by atoms with Crippen LogP contribution >= 0.6 is 0 Å². The van der Waals surface area contributed by atoms with E-state index in [1.54, 1.807) is 0 Å². The zero-order valence-electron chi connectivity index (χ0n) is 12.7. The third-order valence-electron chi connectivity index (χ3n) is 2.17. The predicted molar refractivity (Wildman–Crippen MR) is 80.7 cm³/mol. The molecule has 0 aliphatic rings. The lowest BCUT2D eigenvalue weighted by atomic mass is 10.1. The topological polar surface area (TPSA) is 9.72 Å². The van der Waals surface area contributed by atoms with Gasteiger partial charge in [-0.3, -0.25) is 4.90 Å². The molecular formula is C15H27N3. The highest BCUT2D eigenvalue weighted by molar-refractivity contribution is 5.45. The molecule has 0 aromatic carbocycles. The van der Waals surface area contributed by atoms with E-state index < -0.39 is 0 Å². The van der Waals surface area contributed by atoms with Gasteiger partial charge in [0.1, 0.15) is 0 Å². The largest absolute Gasteiger partial charge is 0.306 e. The standard InChI is InChI=1S/C15H27N3/c1-14(13-18(6)7)15(10-12-17(4)5)9-8-11-16(2)3/h10H,1,11-13H2,2-7H3/b15-10-. The molecule has 0 saturated heterocycles. The van der Waals surface area contributed by atoms with E-state index in [1.165, 1.54) is 0 Å². The van der Waals surface area contributed by atoms with Gasteiger partial charge in [-0.15, -0.1) is 0 Å². The van der Waals surface area contributed by atoms with E-state index in [9.17, 15) is 0 Å². The Balaban J connectivity index is 4.75. The van der Waals surface area contributed by atoms with Crippen molar-refractivity contribution in [1.82, 2.24) is 14.7 Å². The molecule has 0 bridgehead atoms. The van der Waals surface area contributed by atoms with E-state index in [2.05, 4.69) is 53.3 Å². The Kier molecular flexibility index (Phi) is 8.40. The number of likely N-dealkylation sites (N-methyl/N-ethyl adjacent to an activating group) is 2. The molecular weight excluding hydrogens is 222 g/mol. The van der Waals surface area contributed by atoms with Crippen LogP contribution in [0.4, 0.5) is 0 Å². The minimum Gasteiger partial charge on any atom is -0.306 e. The van der Waals surface area contributed by atoms with Crippen LogP contribution < -0.4 is 0 Å². The van der Waals surface area contributed by atoms with E-state index >= 15 is 0 Å². The number of nitrogens with zero attached hydrogens (tertiary/aromatic N) is 3. The van der Waals surface area contributed by atoms with Crippen molar-refractivity contribution in [2.75, 3.05) is 61.9 Å². The third kappa shape index (κ3) is 9.00. The number of hydrogen-bond donors (Lipinski definition) is 0. The van der Waals surface area contributed by atoms with Gasteiger partial charge in [0.05, 0.1) is 6.54 Å². The molecule has 0 amide bonds. The van der Waals surface area contributed by atoms with Crippen molar-refractivity contribution in [2.45, 2.75) is 0 Å². The molecule has 0 aromatic heterocycles. The van der Waals surface area contributed by atoms with Crippen molar-refractivity contribution in [3.05, 3.63) is 23.8 Å². The third-order valence-corrected chi connectivity index (χ3v) is 2.17. The summed E-state index contributed by atoms with van der Waals surface area (Å²) in [7, 11) is 12.2. The fourth-order valence-electron chi connectivity index (χ4n) is 1.32. The smallest absolute Gasteiger partial charge is 0.0600 e. The lowest BCUT2D eigenvalue weighted by molar-refractivity contribution is 0.445. The molecule has 0 radical (unpaired) electrons. The molecule has 0 heterocycles. The normalized spacial score (nSPS) is 11.9. The molecule has 0 fully saturated rings. The van der Waals surface area contributed by atoms with Crippen molar-refractivity contribution < 1.29 is 0 Å². The van der Waals surface area contributed by atoms with Crippen LogP contribution in [0.15, 0.2) is 23.8 Å². The first kappa shape index (κ1) is 16.9. The highest BCUT2D eigenvalue weighted by atomic mass is 15.1. The second-order valence-corrected chi connectivity index (χ2v) is 5.26. The maximum absolute atomic E-state index is 4.13. The minimum absolute atomic E-state index is 0.772. The van der Waals surface area contributed by atoms with Gasteiger partial charge in [0, 0.05) is 18.7 Å². The molecule has 0 aromatic rings. The molecule has 0 saturated carbocycles. The number of rotatable bonds is 6. The molecule has 0 rings (SSSR count). The summed E-state index contributed by atoms with van der Waals surface area (Å²) in [6.45, 7) is 6.63. The molecule has 0 unspecified atom stereocenters. The monoisotopic (exact) mass is 249 g/mol. The lowest BCUT2D eigenvalue weighted by Crippen LogP contribution is -2.17. The van der Waals surface area contributed by atoms with Crippen LogP contribution in [-0.4, -0.2) is 76.6 Å². The van der Waals surface area contributed by atoms with Gasteiger partial charge in [0.25, 0.3) is 0 Å². The molecule has 0 spiro atoms. The fourth-order valence-corrected chi connectivity index (χ4v) is 1.32. The zero-order valence-corrected chi connectivity index (χ0v) is 12.7. The maximum atomic E-state index is 4.13. The Morgan fingerprint density at radius 3 is 2.06 bits per heavy atom. The Morgan fingerprint density at radius 2 is 1.61 bits per heavy atom. The Morgan fingerprint density at radius 1 is 1.00 bits per heavy atom. The Bertz CT molecular complexity index is 340. The van der Waals surface area contributed by atoms with Crippen molar-refractivity contribution in [1.29, 1.82) is 0 Å². The summed E-state index contributed by atoms with van der Waals surface area (Å²) in [6.07, 6.45) is 2.15. The molecule has 18 heavy (non-hydrogen) atoms. The number of hydrogen-bond acceptors (Lipinski definition) is 3. The van der Waals surface area contributed by atoms with Gasteiger partial charge in [-0.1, -0.05) is 24.5 Å². The van der Waals surface area contributed by atoms with Crippen LogP contribution in [0.3, 0.4) is 0 Å². The van der Waals surface area contributed by atoms with Crippen molar-refractivity contribution in [3.63, 3.8) is 0 Å². The van der Waals surface area contributed by atoms with Gasteiger partial charge >= 0.3 is 0 Å². The molecule has 102 valence electrons. The summed E-state index contributed by atoms with van der Waals surface area (Å²) in [5.74, 6) is 6.40. The van der Waals surface area contributed by atoms with Crippen LogP contribution in [0.5, 0.6) is 0 Å².